The summed E-state index contributed by atoms with van der Waals surface area (Å²) in [6, 6.07) is 6.06. The molecule has 0 spiro atoms. The maximum absolute atomic E-state index is 5.61. The maximum atomic E-state index is 5.61. The van der Waals surface area contributed by atoms with Crippen molar-refractivity contribution in [2.24, 2.45) is 5.73 Å². The first kappa shape index (κ1) is 9.21. The van der Waals surface area contributed by atoms with Gasteiger partial charge in [-0.15, -0.1) is 0 Å². The molecule has 3 heteroatoms. The van der Waals surface area contributed by atoms with E-state index in [9.17, 15) is 0 Å². The molecule has 2 N–H and O–H groups in total. The fourth-order valence-electron chi connectivity index (χ4n) is 1.50. The molecule has 0 fully saturated rings. The monoisotopic (exact) mass is 190 g/mol. The lowest BCUT2D eigenvalue weighted by atomic mass is 10.0. The molecule has 1 atom stereocenters. The van der Waals surface area contributed by atoms with Crippen molar-refractivity contribution in [3.05, 3.63) is 29.7 Å². The fraction of sp³-hybridized carbons (Fsp3) is 0.364. The first-order valence-electron chi connectivity index (χ1n) is 4.78. The third-order valence-electron chi connectivity index (χ3n) is 2.44. The first-order valence-corrected chi connectivity index (χ1v) is 4.78. The van der Waals surface area contributed by atoms with Crippen LogP contribution in [-0.4, -0.2) is 11.5 Å². The van der Waals surface area contributed by atoms with E-state index >= 15 is 0 Å². The number of oxazole rings is 1. The van der Waals surface area contributed by atoms with Crippen LogP contribution in [0.2, 0.25) is 0 Å². The van der Waals surface area contributed by atoms with Gasteiger partial charge in [0, 0.05) is 6.92 Å². The van der Waals surface area contributed by atoms with E-state index in [1.165, 1.54) is 5.56 Å². The number of hydrogen-bond acceptors (Lipinski definition) is 3. The highest BCUT2D eigenvalue weighted by Gasteiger charge is 2.07. The van der Waals surface area contributed by atoms with Crippen LogP contribution in [0.4, 0.5) is 0 Å². The van der Waals surface area contributed by atoms with E-state index in [2.05, 4.69) is 18.0 Å². The van der Waals surface area contributed by atoms with Crippen molar-refractivity contribution in [2.75, 3.05) is 6.54 Å². The van der Waals surface area contributed by atoms with Crippen molar-refractivity contribution in [3.63, 3.8) is 0 Å². The molecule has 1 aromatic heterocycles. The minimum absolute atomic E-state index is 0.366. The Hall–Kier alpha value is -1.35. The molecule has 0 radical (unpaired) electrons. The molecular weight excluding hydrogens is 176 g/mol. The third kappa shape index (κ3) is 1.51. The molecule has 0 aliphatic heterocycles. The molecule has 0 amide bonds. The third-order valence-corrected chi connectivity index (χ3v) is 2.44. The molecule has 0 aliphatic carbocycles. The van der Waals surface area contributed by atoms with E-state index in [4.69, 9.17) is 10.2 Å². The Bertz CT molecular complexity index is 447. The molecule has 74 valence electrons. The minimum atomic E-state index is 0.366. The number of nitrogens with two attached hydrogens (primary N) is 1. The number of hydrogen-bond donors (Lipinski definition) is 1. The zero-order valence-corrected chi connectivity index (χ0v) is 8.45. The lowest BCUT2D eigenvalue weighted by Gasteiger charge is -2.07. The van der Waals surface area contributed by atoms with E-state index in [1.54, 1.807) is 0 Å². The van der Waals surface area contributed by atoms with E-state index < -0.39 is 0 Å². The first-order chi connectivity index (χ1) is 6.70. The lowest BCUT2D eigenvalue weighted by Crippen LogP contribution is -2.08. The van der Waals surface area contributed by atoms with Gasteiger partial charge in [0.1, 0.15) is 5.52 Å². The normalized spacial score (nSPS) is 13.4. The van der Waals surface area contributed by atoms with Crippen LogP contribution in [-0.2, 0) is 0 Å². The summed E-state index contributed by atoms with van der Waals surface area (Å²) >= 11 is 0. The molecular formula is C11H14N2O. The van der Waals surface area contributed by atoms with E-state index in [-0.39, 0.29) is 0 Å². The quantitative estimate of drug-likeness (QED) is 0.789. The summed E-state index contributed by atoms with van der Waals surface area (Å²) in [6.07, 6.45) is 0. The van der Waals surface area contributed by atoms with Gasteiger partial charge in [-0.3, -0.25) is 0 Å². The predicted octanol–water partition coefficient (Wildman–Crippen LogP) is 2.20. The molecule has 2 aromatic rings. The SMILES string of the molecule is Cc1nc2ccc(C(C)CN)cc2o1. The van der Waals surface area contributed by atoms with Crippen LogP contribution in [0, 0.1) is 6.92 Å². The smallest absolute Gasteiger partial charge is 0.192 e. The van der Waals surface area contributed by atoms with Crippen LogP contribution >= 0.6 is 0 Å². The van der Waals surface area contributed by atoms with Crippen LogP contribution in [0.15, 0.2) is 22.6 Å². The van der Waals surface area contributed by atoms with E-state index in [0.29, 0.717) is 18.4 Å². The Morgan fingerprint density at radius 1 is 1.50 bits per heavy atom. The largest absolute Gasteiger partial charge is 0.441 e. The predicted molar refractivity (Wildman–Crippen MR) is 56.2 cm³/mol. The molecule has 0 aliphatic rings. The number of rotatable bonds is 2. The van der Waals surface area contributed by atoms with Gasteiger partial charge in [0.25, 0.3) is 0 Å². The second-order valence-electron chi connectivity index (χ2n) is 3.60. The Labute approximate surface area is 82.9 Å². The lowest BCUT2D eigenvalue weighted by molar-refractivity contribution is 0.560. The van der Waals surface area contributed by atoms with Gasteiger partial charge in [-0.1, -0.05) is 13.0 Å². The van der Waals surface area contributed by atoms with Crippen LogP contribution < -0.4 is 5.73 Å². The van der Waals surface area contributed by atoms with Crippen molar-refractivity contribution >= 4 is 11.1 Å². The summed E-state index contributed by atoms with van der Waals surface area (Å²) in [5, 5.41) is 0. The Balaban J connectivity index is 2.50. The van der Waals surface area contributed by atoms with Crippen LogP contribution in [0.25, 0.3) is 11.1 Å². The van der Waals surface area contributed by atoms with E-state index in [0.717, 1.165) is 11.1 Å². The highest BCUT2D eigenvalue weighted by Crippen LogP contribution is 2.21. The zero-order valence-electron chi connectivity index (χ0n) is 8.45. The number of aromatic nitrogens is 1. The molecule has 0 saturated carbocycles. The van der Waals surface area contributed by atoms with Gasteiger partial charge in [-0.25, -0.2) is 4.98 Å². The molecule has 0 bridgehead atoms. The summed E-state index contributed by atoms with van der Waals surface area (Å²) in [4.78, 5) is 4.24. The van der Waals surface area contributed by atoms with Gasteiger partial charge in [0.05, 0.1) is 0 Å². The number of nitrogens with zero attached hydrogens (tertiary/aromatic N) is 1. The van der Waals surface area contributed by atoms with E-state index in [1.807, 2.05) is 19.1 Å². The summed E-state index contributed by atoms with van der Waals surface area (Å²) in [6.45, 7) is 4.61. The standard InChI is InChI=1S/C11H14N2O/c1-7(6-12)9-3-4-10-11(5-9)14-8(2)13-10/h3-5,7H,6,12H2,1-2H3. The summed E-state index contributed by atoms with van der Waals surface area (Å²) in [5.41, 5.74) is 8.57. The summed E-state index contributed by atoms with van der Waals surface area (Å²) in [5.74, 6) is 1.07. The minimum Gasteiger partial charge on any atom is -0.441 e. The zero-order chi connectivity index (χ0) is 10.1. The van der Waals surface area contributed by atoms with Crippen molar-refractivity contribution in [1.82, 2.24) is 4.98 Å². The van der Waals surface area contributed by atoms with Gasteiger partial charge in [0.2, 0.25) is 0 Å². The van der Waals surface area contributed by atoms with Crippen LogP contribution in [0.1, 0.15) is 24.3 Å². The van der Waals surface area contributed by atoms with Crippen molar-refractivity contribution in [1.29, 1.82) is 0 Å². The Kier molecular flexibility index (Phi) is 2.25. The molecule has 1 aromatic carbocycles. The molecule has 1 unspecified atom stereocenters. The molecule has 3 nitrogen and oxygen atoms in total. The molecule has 1 heterocycles. The average molecular weight is 190 g/mol. The topological polar surface area (TPSA) is 52.0 Å². The molecule has 0 saturated heterocycles. The number of aryl methyl sites for hydroxylation is 1. The van der Waals surface area contributed by atoms with Crippen molar-refractivity contribution in [2.45, 2.75) is 19.8 Å². The number of fused-ring (bicyclic) bond motifs is 1. The second-order valence-corrected chi connectivity index (χ2v) is 3.60. The molecule has 14 heavy (non-hydrogen) atoms. The highest BCUT2D eigenvalue weighted by atomic mass is 16.3. The van der Waals surface area contributed by atoms with Gasteiger partial charge >= 0.3 is 0 Å². The maximum Gasteiger partial charge on any atom is 0.192 e. The van der Waals surface area contributed by atoms with Crippen LogP contribution in [0.3, 0.4) is 0 Å². The summed E-state index contributed by atoms with van der Waals surface area (Å²) in [7, 11) is 0. The molecule has 2 rings (SSSR count). The van der Waals surface area contributed by atoms with Crippen LogP contribution in [0.5, 0.6) is 0 Å². The van der Waals surface area contributed by atoms with Gasteiger partial charge in [-0.05, 0) is 30.2 Å². The average Bonchev–Trinajstić information content (AvgIpc) is 2.55. The van der Waals surface area contributed by atoms with Crippen molar-refractivity contribution in [3.8, 4) is 0 Å². The highest BCUT2D eigenvalue weighted by molar-refractivity contribution is 5.73. The summed E-state index contributed by atoms with van der Waals surface area (Å²) < 4.78 is 5.45. The Morgan fingerprint density at radius 2 is 2.29 bits per heavy atom. The Morgan fingerprint density at radius 3 is 3.00 bits per heavy atom. The van der Waals surface area contributed by atoms with Gasteiger partial charge in [-0.2, -0.15) is 0 Å². The fourth-order valence-corrected chi connectivity index (χ4v) is 1.50. The van der Waals surface area contributed by atoms with Crippen molar-refractivity contribution < 1.29 is 4.42 Å². The number of benzene rings is 1. The van der Waals surface area contributed by atoms with Gasteiger partial charge < -0.3 is 10.2 Å². The second kappa shape index (κ2) is 3.42. The van der Waals surface area contributed by atoms with Gasteiger partial charge in [0.15, 0.2) is 11.5 Å².